The summed E-state index contributed by atoms with van der Waals surface area (Å²) in [7, 11) is 1.30. The van der Waals surface area contributed by atoms with Crippen molar-refractivity contribution in [2.45, 2.75) is 13.0 Å². The molecule has 0 unspecified atom stereocenters. The van der Waals surface area contributed by atoms with Crippen LogP contribution in [0.15, 0.2) is 60.7 Å². The van der Waals surface area contributed by atoms with Crippen LogP contribution in [0.1, 0.15) is 22.8 Å². The van der Waals surface area contributed by atoms with Crippen molar-refractivity contribution in [3.05, 3.63) is 71.8 Å². The topological polar surface area (TPSA) is 84.5 Å². The second-order valence-corrected chi connectivity index (χ2v) is 5.53. The van der Waals surface area contributed by atoms with Crippen molar-refractivity contribution in [3.63, 3.8) is 0 Å². The number of carbonyl (C=O) groups excluding carboxylic acids is 3. The summed E-state index contributed by atoms with van der Waals surface area (Å²) < 4.78 is 4.61. The van der Waals surface area contributed by atoms with Crippen molar-refractivity contribution < 1.29 is 19.1 Å². The molecule has 0 saturated carbocycles. The smallest absolute Gasteiger partial charge is 0.337 e. The van der Waals surface area contributed by atoms with Crippen molar-refractivity contribution in [1.29, 1.82) is 0 Å². The number of amides is 2. The summed E-state index contributed by atoms with van der Waals surface area (Å²) in [5.41, 5.74) is 1.80. The van der Waals surface area contributed by atoms with Gasteiger partial charge in [0.25, 0.3) is 0 Å². The Morgan fingerprint density at radius 1 is 1.00 bits per heavy atom. The van der Waals surface area contributed by atoms with E-state index in [1.54, 1.807) is 37.3 Å². The summed E-state index contributed by atoms with van der Waals surface area (Å²) in [5.74, 6) is -1.18. The van der Waals surface area contributed by atoms with E-state index in [2.05, 4.69) is 15.4 Å². The largest absolute Gasteiger partial charge is 0.465 e. The number of hydrogen-bond acceptors (Lipinski definition) is 4. The molecule has 0 radical (unpaired) electrons. The minimum Gasteiger partial charge on any atom is -0.465 e. The minimum absolute atomic E-state index is 0.363. The van der Waals surface area contributed by atoms with E-state index in [4.69, 9.17) is 0 Å². The van der Waals surface area contributed by atoms with E-state index in [1.807, 2.05) is 30.3 Å². The highest BCUT2D eigenvalue weighted by Crippen LogP contribution is 2.11. The molecule has 0 spiro atoms. The highest BCUT2D eigenvalue weighted by molar-refractivity contribution is 6.00. The van der Waals surface area contributed by atoms with Crippen LogP contribution in [-0.2, 0) is 14.3 Å². The molecule has 0 saturated heterocycles. The second-order valence-electron chi connectivity index (χ2n) is 5.53. The number of nitrogens with one attached hydrogen (secondary N) is 2. The monoisotopic (exact) mass is 352 g/mol. The van der Waals surface area contributed by atoms with E-state index >= 15 is 0 Å². The first kappa shape index (κ1) is 18.9. The predicted octanol–water partition coefficient (Wildman–Crippen LogP) is 2.63. The molecule has 0 bridgehead atoms. The van der Waals surface area contributed by atoms with Crippen molar-refractivity contribution in [2.75, 3.05) is 12.4 Å². The Bertz CT molecular complexity index is 798. The summed E-state index contributed by atoms with van der Waals surface area (Å²) in [6, 6.07) is 14.9. The first-order chi connectivity index (χ1) is 12.5. The number of ether oxygens (including phenoxy) is 1. The molecule has 26 heavy (non-hydrogen) atoms. The van der Waals surface area contributed by atoms with Crippen molar-refractivity contribution >= 4 is 29.5 Å². The van der Waals surface area contributed by atoms with Crippen LogP contribution in [0, 0.1) is 0 Å². The minimum atomic E-state index is -0.719. The fraction of sp³-hybridized carbons (Fsp3) is 0.150. The van der Waals surface area contributed by atoms with Gasteiger partial charge in [-0.3, -0.25) is 9.59 Å². The Morgan fingerprint density at radius 3 is 2.27 bits per heavy atom. The van der Waals surface area contributed by atoms with Gasteiger partial charge in [-0.05, 0) is 42.8 Å². The first-order valence-electron chi connectivity index (χ1n) is 8.02. The molecule has 2 aromatic carbocycles. The van der Waals surface area contributed by atoms with Gasteiger partial charge < -0.3 is 15.4 Å². The molecule has 134 valence electrons. The first-order valence-corrected chi connectivity index (χ1v) is 8.02. The summed E-state index contributed by atoms with van der Waals surface area (Å²) >= 11 is 0. The third kappa shape index (κ3) is 5.59. The standard InChI is InChI=1S/C20H20N2O4/c1-14(21-18(23)13-8-15-6-4-3-5-7-15)19(24)22-17-11-9-16(10-12-17)20(25)26-2/h3-14H,1-2H3,(H,21,23)(H,22,24)/b13-8+/t14-/m0/s1. The van der Waals surface area contributed by atoms with E-state index in [9.17, 15) is 14.4 Å². The summed E-state index contributed by atoms with van der Waals surface area (Å²) in [4.78, 5) is 35.4. The molecule has 2 amide bonds. The van der Waals surface area contributed by atoms with Gasteiger partial charge in [0.15, 0.2) is 0 Å². The maximum atomic E-state index is 12.2. The zero-order chi connectivity index (χ0) is 18.9. The van der Waals surface area contributed by atoms with Crippen LogP contribution in [0.4, 0.5) is 5.69 Å². The average Bonchev–Trinajstić information content (AvgIpc) is 2.67. The quantitative estimate of drug-likeness (QED) is 0.618. The fourth-order valence-electron chi connectivity index (χ4n) is 2.12. The lowest BCUT2D eigenvalue weighted by Crippen LogP contribution is -2.40. The number of benzene rings is 2. The molecule has 0 fully saturated rings. The van der Waals surface area contributed by atoms with E-state index in [-0.39, 0.29) is 11.8 Å². The van der Waals surface area contributed by atoms with E-state index < -0.39 is 12.0 Å². The maximum absolute atomic E-state index is 12.2. The molecule has 0 aliphatic carbocycles. The Balaban J connectivity index is 1.87. The van der Waals surface area contributed by atoms with Crippen LogP contribution in [-0.4, -0.2) is 30.9 Å². The van der Waals surface area contributed by atoms with Crippen LogP contribution in [0.25, 0.3) is 6.08 Å². The SMILES string of the molecule is COC(=O)c1ccc(NC(=O)[C@H](C)NC(=O)/C=C/c2ccccc2)cc1. The number of hydrogen-bond donors (Lipinski definition) is 2. The lowest BCUT2D eigenvalue weighted by Gasteiger charge is -2.13. The van der Waals surface area contributed by atoms with Gasteiger partial charge in [-0.15, -0.1) is 0 Å². The zero-order valence-electron chi connectivity index (χ0n) is 14.6. The van der Waals surface area contributed by atoms with Crippen LogP contribution in [0.2, 0.25) is 0 Å². The number of methoxy groups -OCH3 is 1. The molecule has 2 N–H and O–H groups in total. The van der Waals surface area contributed by atoms with E-state index in [0.717, 1.165) is 5.56 Å². The van der Waals surface area contributed by atoms with E-state index in [0.29, 0.717) is 11.3 Å². The van der Waals surface area contributed by atoms with Crippen LogP contribution >= 0.6 is 0 Å². The third-order valence-electron chi connectivity index (χ3n) is 3.55. The molecule has 2 aromatic rings. The van der Waals surface area contributed by atoms with E-state index in [1.165, 1.54) is 13.2 Å². The molecular weight excluding hydrogens is 332 g/mol. The Hall–Kier alpha value is -3.41. The highest BCUT2D eigenvalue weighted by atomic mass is 16.5. The molecule has 0 aliphatic rings. The summed E-state index contributed by atoms with van der Waals surface area (Å²) in [6.07, 6.45) is 3.05. The van der Waals surface area contributed by atoms with Crippen LogP contribution < -0.4 is 10.6 Å². The van der Waals surface area contributed by atoms with Gasteiger partial charge in [-0.2, -0.15) is 0 Å². The molecule has 0 aliphatic heterocycles. The van der Waals surface area contributed by atoms with Gasteiger partial charge in [0.05, 0.1) is 12.7 Å². The molecule has 2 rings (SSSR count). The van der Waals surface area contributed by atoms with Gasteiger partial charge in [0.1, 0.15) is 6.04 Å². The second kappa shape index (κ2) is 9.17. The lowest BCUT2D eigenvalue weighted by atomic mass is 10.2. The highest BCUT2D eigenvalue weighted by Gasteiger charge is 2.14. The molecular formula is C20H20N2O4. The van der Waals surface area contributed by atoms with Gasteiger partial charge in [-0.25, -0.2) is 4.79 Å². The van der Waals surface area contributed by atoms with Gasteiger partial charge in [-0.1, -0.05) is 30.3 Å². The number of esters is 1. The molecule has 6 nitrogen and oxygen atoms in total. The van der Waals surface area contributed by atoms with Crippen molar-refractivity contribution in [3.8, 4) is 0 Å². The summed E-state index contributed by atoms with van der Waals surface area (Å²) in [6.45, 7) is 1.59. The van der Waals surface area contributed by atoms with Gasteiger partial charge in [0.2, 0.25) is 11.8 Å². The Morgan fingerprint density at radius 2 is 1.65 bits per heavy atom. The number of anilines is 1. The third-order valence-corrected chi connectivity index (χ3v) is 3.55. The molecule has 6 heteroatoms. The van der Waals surface area contributed by atoms with Gasteiger partial charge in [0, 0.05) is 11.8 Å². The maximum Gasteiger partial charge on any atom is 0.337 e. The lowest BCUT2D eigenvalue weighted by molar-refractivity contribution is -0.123. The Kier molecular flexibility index (Phi) is 6.68. The molecule has 0 heterocycles. The normalized spacial score (nSPS) is 11.6. The zero-order valence-corrected chi connectivity index (χ0v) is 14.6. The number of carbonyl (C=O) groups is 3. The number of rotatable bonds is 6. The Labute approximate surface area is 151 Å². The molecule has 1 atom stereocenters. The van der Waals surface area contributed by atoms with Crippen molar-refractivity contribution in [1.82, 2.24) is 5.32 Å². The van der Waals surface area contributed by atoms with Crippen LogP contribution in [0.5, 0.6) is 0 Å². The fourth-order valence-corrected chi connectivity index (χ4v) is 2.12. The summed E-state index contributed by atoms with van der Waals surface area (Å²) in [5, 5.41) is 5.27. The van der Waals surface area contributed by atoms with Crippen molar-refractivity contribution in [2.24, 2.45) is 0 Å². The predicted molar refractivity (Wildman–Crippen MR) is 99.5 cm³/mol. The average molecular weight is 352 g/mol. The van der Waals surface area contributed by atoms with Crippen LogP contribution in [0.3, 0.4) is 0 Å². The van der Waals surface area contributed by atoms with Gasteiger partial charge >= 0.3 is 5.97 Å². The molecule has 0 aromatic heterocycles.